The first-order valence-electron chi connectivity index (χ1n) is 16.9. The number of aliphatic hydroxyl groups excluding tert-OH is 4. The molecule has 0 bridgehead atoms. The lowest BCUT2D eigenvalue weighted by Crippen LogP contribution is -2.66. The lowest BCUT2D eigenvalue weighted by molar-refractivity contribution is -0.312. The minimum Gasteiger partial charge on any atom is -0.481 e. The number of hydrogen-bond donors (Lipinski definition) is 5. The highest BCUT2D eigenvalue weighted by Gasteiger charge is 2.70. The van der Waals surface area contributed by atoms with Crippen LogP contribution < -0.4 is 0 Å². The van der Waals surface area contributed by atoms with Crippen molar-refractivity contribution in [3.63, 3.8) is 0 Å². The number of carboxylic acids is 1. The normalized spacial score (nSPS) is 54.3. The second-order valence-electron chi connectivity index (χ2n) is 17.3. The van der Waals surface area contributed by atoms with Crippen molar-refractivity contribution < 1.29 is 39.8 Å². The summed E-state index contributed by atoms with van der Waals surface area (Å²) in [6.07, 6.45) is 6.03. The van der Waals surface area contributed by atoms with Gasteiger partial charge in [0.05, 0.1) is 24.7 Å². The Bertz CT molecular complexity index is 1150. The van der Waals surface area contributed by atoms with Gasteiger partial charge in [0.1, 0.15) is 18.3 Å². The minimum atomic E-state index is -1.36. The van der Waals surface area contributed by atoms with Gasteiger partial charge >= 0.3 is 5.97 Å². The molecule has 8 heteroatoms. The summed E-state index contributed by atoms with van der Waals surface area (Å²) in [5, 5.41) is 52.3. The summed E-state index contributed by atoms with van der Waals surface area (Å²) in [5.41, 5.74) is 0.232. The quantitative estimate of drug-likeness (QED) is 0.231. The number of rotatable bonds is 4. The van der Waals surface area contributed by atoms with Gasteiger partial charge in [0.25, 0.3) is 0 Å². The maximum atomic E-state index is 12.9. The maximum Gasteiger partial charge on any atom is 0.310 e. The molecule has 0 spiro atoms. The van der Waals surface area contributed by atoms with Crippen LogP contribution in [0.15, 0.2) is 11.6 Å². The van der Waals surface area contributed by atoms with Gasteiger partial charge in [-0.1, -0.05) is 53.2 Å². The Morgan fingerprint density at radius 1 is 0.930 bits per heavy atom. The second-order valence-corrected chi connectivity index (χ2v) is 17.3. The number of aliphatic carboxylic acids is 1. The van der Waals surface area contributed by atoms with Crippen LogP contribution in [-0.4, -0.2) is 75.4 Å². The Labute approximate surface area is 257 Å². The van der Waals surface area contributed by atoms with E-state index in [0.717, 1.165) is 57.8 Å². The van der Waals surface area contributed by atoms with Crippen LogP contribution in [0.1, 0.15) is 106 Å². The van der Waals surface area contributed by atoms with E-state index in [-0.39, 0.29) is 52.8 Å². The van der Waals surface area contributed by atoms with E-state index in [1.807, 2.05) is 0 Å². The summed E-state index contributed by atoms with van der Waals surface area (Å²) in [6.45, 7) is 13.9. The Hall–Kier alpha value is -1.03. The van der Waals surface area contributed by atoms with Crippen molar-refractivity contribution in [2.75, 3.05) is 13.2 Å². The van der Waals surface area contributed by atoms with E-state index in [0.29, 0.717) is 12.3 Å². The maximum absolute atomic E-state index is 12.9. The molecule has 0 amide bonds. The average Bonchev–Trinajstić information content (AvgIpc) is 2.94. The van der Waals surface area contributed by atoms with E-state index >= 15 is 0 Å². The van der Waals surface area contributed by atoms with Crippen LogP contribution in [0.5, 0.6) is 0 Å². The van der Waals surface area contributed by atoms with Crippen molar-refractivity contribution in [2.45, 2.75) is 136 Å². The van der Waals surface area contributed by atoms with Crippen molar-refractivity contribution in [2.24, 2.45) is 50.2 Å². The van der Waals surface area contributed by atoms with Crippen molar-refractivity contribution in [1.29, 1.82) is 0 Å². The van der Waals surface area contributed by atoms with E-state index in [2.05, 4.69) is 47.6 Å². The van der Waals surface area contributed by atoms with Crippen LogP contribution in [0.2, 0.25) is 0 Å². The SMILES string of the molecule is CC1(C)CC[C@]2(C(=O)O)CC[C@]3(C)C(=CC[C@@H]4[C@@]5(C)CC[C@@H](OC6OCC(O)[C@H](O)[C@H]6O)C(C)(CO)C5CC[C@]43C)[C@H]2C1. The lowest BCUT2D eigenvalue weighted by atomic mass is 9.33. The van der Waals surface area contributed by atoms with Gasteiger partial charge in [0.15, 0.2) is 6.29 Å². The molecule has 0 aromatic rings. The molecule has 5 N–H and O–H groups in total. The van der Waals surface area contributed by atoms with Crippen LogP contribution in [0.4, 0.5) is 0 Å². The molecule has 4 saturated carbocycles. The molecule has 244 valence electrons. The molecule has 6 aliphatic rings. The summed E-state index contributed by atoms with van der Waals surface area (Å²) in [7, 11) is 0. The molecule has 6 rings (SSSR count). The monoisotopic (exact) mass is 604 g/mol. The number of ether oxygens (including phenoxy) is 2. The number of aliphatic hydroxyl groups is 4. The van der Waals surface area contributed by atoms with Crippen molar-refractivity contribution in [3.8, 4) is 0 Å². The molecule has 4 unspecified atom stereocenters. The molecule has 43 heavy (non-hydrogen) atoms. The summed E-state index contributed by atoms with van der Waals surface area (Å²) in [4.78, 5) is 12.9. The molecule has 0 aromatic carbocycles. The zero-order valence-electron chi connectivity index (χ0n) is 27.1. The summed E-state index contributed by atoms with van der Waals surface area (Å²) in [5.74, 6) is 0.0529. The first kappa shape index (κ1) is 31.9. The van der Waals surface area contributed by atoms with Crippen LogP contribution >= 0.6 is 0 Å². The second kappa shape index (κ2) is 10.2. The van der Waals surface area contributed by atoms with E-state index in [1.165, 1.54) is 5.57 Å². The molecule has 5 fully saturated rings. The van der Waals surface area contributed by atoms with Gasteiger partial charge in [-0.2, -0.15) is 0 Å². The van der Waals surface area contributed by atoms with Gasteiger partial charge in [0.2, 0.25) is 0 Å². The van der Waals surface area contributed by atoms with Crippen molar-refractivity contribution in [1.82, 2.24) is 0 Å². The Morgan fingerprint density at radius 3 is 2.30 bits per heavy atom. The summed E-state index contributed by atoms with van der Waals surface area (Å²) in [6, 6.07) is 0. The Kier molecular flexibility index (Phi) is 7.60. The van der Waals surface area contributed by atoms with Crippen LogP contribution in [0.25, 0.3) is 0 Å². The van der Waals surface area contributed by atoms with Gasteiger partial charge in [0, 0.05) is 5.41 Å². The topological polar surface area (TPSA) is 137 Å². The Morgan fingerprint density at radius 2 is 1.63 bits per heavy atom. The molecule has 1 aliphatic heterocycles. The Balaban J connectivity index is 1.32. The fourth-order valence-electron chi connectivity index (χ4n) is 11.9. The lowest BCUT2D eigenvalue weighted by Gasteiger charge is -2.71. The first-order chi connectivity index (χ1) is 20.0. The number of carboxylic acid groups (broad SMARTS) is 1. The zero-order valence-corrected chi connectivity index (χ0v) is 27.1. The molecular formula is C35H56O8. The standard InChI is InChI=1S/C35H56O8/c1-30(2)13-15-35(29(40)41)16-14-33(5)20(21(35)17-30)7-8-24-31(3)11-10-25(43-28-27(39)26(38)22(37)18-42-28)32(4,19-36)23(31)9-12-34(24,33)6/h7,21-28,36-39H,8-19H2,1-6H3,(H,40,41)/t21-,22?,23?,24-,25-,26+,27-,28?,31+,32?,33-,34-,35+/m1/s1. The van der Waals surface area contributed by atoms with E-state index in [1.54, 1.807) is 0 Å². The van der Waals surface area contributed by atoms with Crippen LogP contribution in [0.3, 0.4) is 0 Å². The van der Waals surface area contributed by atoms with E-state index in [4.69, 9.17) is 9.47 Å². The van der Waals surface area contributed by atoms with Crippen molar-refractivity contribution >= 4 is 5.97 Å². The predicted octanol–water partition coefficient (Wildman–Crippen LogP) is 4.67. The number of hydrogen-bond acceptors (Lipinski definition) is 7. The first-order valence-corrected chi connectivity index (χ1v) is 16.9. The van der Waals surface area contributed by atoms with Gasteiger partial charge in [-0.05, 0) is 104 Å². The van der Waals surface area contributed by atoms with Crippen molar-refractivity contribution in [3.05, 3.63) is 11.6 Å². The summed E-state index contributed by atoms with van der Waals surface area (Å²) >= 11 is 0. The fraction of sp³-hybridized carbons (Fsp3) is 0.914. The van der Waals surface area contributed by atoms with Crippen LogP contribution in [0, 0.1) is 50.2 Å². The number of allylic oxidation sites excluding steroid dienone is 2. The third kappa shape index (κ3) is 4.32. The van der Waals surface area contributed by atoms with E-state index < -0.39 is 41.4 Å². The number of carbonyl (C=O) groups is 1. The molecule has 13 atom stereocenters. The fourth-order valence-corrected chi connectivity index (χ4v) is 11.9. The molecule has 8 nitrogen and oxygen atoms in total. The largest absolute Gasteiger partial charge is 0.481 e. The van der Waals surface area contributed by atoms with E-state index in [9.17, 15) is 30.3 Å². The molecule has 1 saturated heterocycles. The van der Waals surface area contributed by atoms with Gasteiger partial charge < -0.3 is 35.0 Å². The highest BCUT2D eigenvalue weighted by molar-refractivity contribution is 5.76. The predicted molar refractivity (Wildman–Crippen MR) is 161 cm³/mol. The van der Waals surface area contributed by atoms with Crippen LogP contribution in [-0.2, 0) is 14.3 Å². The molecule has 5 aliphatic carbocycles. The molecular weight excluding hydrogens is 548 g/mol. The smallest absolute Gasteiger partial charge is 0.310 e. The van der Waals surface area contributed by atoms with Gasteiger partial charge in [-0.25, -0.2) is 0 Å². The highest BCUT2D eigenvalue weighted by Crippen LogP contribution is 2.76. The number of fused-ring (bicyclic) bond motifs is 7. The third-order valence-corrected chi connectivity index (χ3v) is 14.9. The summed E-state index contributed by atoms with van der Waals surface area (Å²) < 4.78 is 12.0. The van der Waals surface area contributed by atoms with Gasteiger partial charge in [-0.15, -0.1) is 0 Å². The molecule has 0 radical (unpaired) electrons. The minimum absolute atomic E-state index is 0.0154. The third-order valence-electron chi connectivity index (χ3n) is 14.9. The molecule has 1 heterocycles. The zero-order chi connectivity index (χ0) is 31.4. The highest BCUT2D eigenvalue weighted by atomic mass is 16.7. The molecule has 0 aromatic heterocycles. The average molecular weight is 605 g/mol. The van der Waals surface area contributed by atoms with Gasteiger partial charge in [-0.3, -0.25) is 4.79 Å².